The summed E-state index contributed by atoms with van der Waals surface area (Å²) in [5.41, 5.74) is 0.488. The Morgan fingerprint density at radius 2 is 1.57 bits per heavy atom. The van der Waals surface area contributed by atoms with Gasteiger partial charge in [-0.05, 0) is 43.0 Å². The summed E-state index contributed by atoms with van der Waals surface area (Å²) in [6.45, 7) is -0.431. The Balaban J connectivity index is 1.51. The highest BCUT2D eigenvalue weighted by Crippen LogP contribution is 2.36. The quantitative estimate of drug-likeness (QED) is 0.567. The Labute approximate surface area is 194 Å². The Morgan fingerprint density at radius 1 is 1.03 bits per heavy atom. The Hall–Kier alpha value is -3.08. The number of carbonyl (C=O) groups excluding carboxylic acids is 1. The average Bonchev–Trinajstić information content (AvgIpc) is 2.80. The lowest BCUT2D eigenvalue weighted by Crippen LogP contribution is -2.49. The number of hydrogen-bond acceptors (Lipinski definition) is 8. The molecule has 3 rings (SSSR count). The van der Waals surface area contributed by atoms with E-state index in [2.05, 4.69) is 29.9 Å². The highest BCUT2D eigenvalue weighted by atomic mass is 32.2. The van der Waals surface area contributed by atoms with Gasteiger partial charge in [0.25, 0.3) is 6.10 Å². The summed E-state index contributed by atoms with van der Waals surface area (Å²) in [7, 11) is -3.91. The molecule has 0 bridgehead atoms. The van der Waals surface area contributed by atoms with Crippen LogP contribution < -0.4 is 4.72 Å². The summed E-state index contributed by atoms with van der Waals surface area (Å²) < 4.78 is 107. The molecule has 1 fully saturated rings. The van der Waals surface area contributed by atoms with E-state index in [1.54, 1.807) is 0 Å². The first-order valence-corrected chi connectivity index (χ1v) is 11.4. The van der Waals surface area contributed by atoms with Gasteiger partial charge in [-0.1, -0.05) is 0 Å². The van der Waals surface area contributed by atoms with E-state index in [9.17, 15) is 39.6 Å². The normalized spacial score (nSPS) is 15.9. The maximum atomic E-state index is 12.6. The first-order chi connectivity index (χ1) is 16.3. The van der Waals surface area contributed by atoms with E-state index in [1.807, 2.05) is 0 Å². The fraction of sp³-hybridized carbons (Fsp3) is 0.500. The molecule has 1 saturated heterocycles. The lowest BCUT2D eigenvalue weighted by atomic mass is 9.97. The minimum absolute atomic E-state index is 0.0453. The van der Waals surface area contributed by atoms with Crippen molar-refractivity contribution in [1.82, 2.24) is 30.0 Å². The molecule has 0 saturated carbocycles. The monoisotopic (exact) mass is 528 g/mol. The van der Waals surface area contributed by atoms with Crippen LogP contribution in [0.3, 0.4) is 0 Å². The zero-order valence-corrected chi connectivity index (χ0v) is 18.4. The highest BCUT2D eigenvalue weighted by Gasteiger charge is 2.60. The molecule has 0 atom stereocenters. The molecule has 1 aromatic carbocycles. The van der Waals surface area contributed by atoms with Crippen molar-refractivity contribution in [3.05, 3.63) is 30.6 Å². The molecule has 192 valence electrons. The molecule has 0 unspecified atom stereocenters. The van der Waals surface area contributed by atoms with Gasteiger partial charge >= 0.3 is 18.4 Å². The van der Waals surface area contributed by atoms with E-state index in [0.29, 0.717) is 5.56 Å². The molecule has 1 aliphatic rings. The van der Waals surface area contributed by atoms with Crippen LogP contribution in [0.1, 0.15) is 12.8 Å². The number of benzene rings is 1. The van der Waals surface area contributed by atoms with Crippen LogP contribution in [-0.2, 0) is 14.8 Å². The van der Waals surface area contributed by atoms with Crippen molar-refractivity contribution < 1.29 is 44.3 Å². The predicted octanol–water partition coefficient (Wildman–Crippen LogP) is 2.55. The first-order valence-electron chi connectivity index (χ1n) is 9.97. The molecule has 0 spiro atoms. The van der Waals surface area contributed by atoms with Crippen molar-refractivity contribution in [2.75, 3.05) is 19.6 Å². The summed E-state index contributed by atoms with van der Waals surface area (Å²) in [4.78, 5) is 12.5. The van der Waals surface area contributed by atoms with Crippen LogP contribution in [0.5, 0.6) is 0 Å². The zero-order chi connectivity index (χ0) is 25.9. The fourth-order valence-corrected chi connectivity index (χ4v) is 4.34. The molecular formula is C18H18F6N6O4S. The number of carbonyl (C=O) groups is 1. The van der Waals surface area contributed by atoms with E-state index in [4.69, 9.17) is 0 Å². The number of nitrogens with one attached hydrogen (secondary N) is 1. The van der Waals surface area contributed by atoms with Crippen molar-refractivity contribution in [3.8, 4) is 11.4 Å². The lowest BCUT2D eigenvalue weighted by molar-refractivity contribution is -0.308. The number of ether oxygens (including phenoxy) is 1. The van der Waals surface area contributed by atoms with Gasteiger partial charge in [-0.25, -0.2) is 17.9 Å². The number of nitrogens with zero attached hydrogens (tertiary/aromatic N) is 5. The summed E-state index contributed by atoms with van der Waals surface area (Å²) in [5, 5.41) is 14.7. The fourth-order valence-electron chi connectivity index (χ4n) is 3.23. The zero-order valence-electron chi connectivity index (χ0n) is 17.6. The minimum atomic E-state index is -5.80. The van der Waals surface area contributed by atoms with Crippen LogP contribution in [0, 0.1) is 5.92 Å². The largest absolute Gasteiger partial charge is 0.434 e. The van der Waals surface area contributed by atoms with E-state index < -0.39 is 34.6 Å². The third-order valence-electron chi connectivity index (χ3n) is 5.08. The van der Waals surface area contributed by atoms with Gasteiger partial charge < -0.3 is 9.64 Å². The molecule has 2 aromatic rings. The lowest BCUT2D eigenvalue weighted by Gasteiger charge is -2.33. The molecule has 1 amide bonds. The average molecular weight is 528 g/mol. The van der Waals surface area contributed by atoms with Crippen LogP contribution in [0.15, 0.2) is 35.5 Å². The highest BCUT2D eigenvalue weighted by molar-refractivity contribution is 7.89. The van der Waals surface area contributed by atoms with Gasteiger partial charge in [0.15, 0.2) is 6.33 Å². The van der Waals surface area contributed by atoms with Crippen LogP contribution in [0.2, 0.25) is 0 Å². The number of halogens is 6. The SMILES string of the molecule is O=C(OC(C(F)(F)F)C(F)(F)F)N1CCC(CNS(=O)(=O)c2ccc(-c3nncnn3)cc2)CC1. The third kappa shape index (κ3) is 6.97. The maximum Gasteiger partial charge on any atom is 0.434 e. The van der Waals surface area contributed by atoms with Crippen molar-refractivity contribution in [1.29, 1.82) is 0 Å². The van der Waals surface area contributed by atoms with Crippen molar-refractivity contribution in [3.63, 3.8) is 0 Å². The molecule has 1 N–H and O–H groups in total. The molecule has 10 nitrogen and oxygen atoms in total. The van der Waals surface area contributed by atoms with Crippen LogP contribution >= 0.6 is 0 Å². The van der Waals surface area contributed by atoms with Gasteiger partial charge in [0.2, 0.25) is 15.8 Å². The van der Waals surface area contributed by atoms with Crippen LogP contribution in [0.25, 0.3) is 11.4 Å². The van der Waals surface area contributed by atoms with E-state index in [-0.39, 0.29) is 49.1 Å². The number of rotatable bonds is 6. The molecule has 17 heteroatoms. The Morgan fingerprint density at radius 3 is 2.09 bits per heavy atom. The topological polar surface area (TPSA) is 127 Å². The maximum absolute atomic E-state index is 12.6. The molecule has 0 radical (unpaired) electrons. The predicted molar refractivity (Wildman–Crippen MR) is 105 cm³/mol. The second-order valence-electron chi connectivity index (χ2n) is 7.52. The smallest absolute Gasteiger partial charge is 0.426 e. The molecule has 35 heavy (non-hydrogen) atoms. The van der Waals surface area contributed by atoms with E-state index >= 15 is 0 Å². The van der Waals surface area contributed by atoms with E-state index in [0.717, 1.165) is 11.2 Å². The number of sulfonamides is 1. The van der Waals surface area contributed by atoms with Crippen LogP contribution in [-0.4, -0.2) is 77.9 Å². The van der Waals surface area contributed by atoms with Crippen molar-refractivity contribution in [2.45, 2.75) is 36.2 Å². The minimum Gasteiger partial charge on any atom is -0.426 e. The van der Waals surface area contributed by atoms with Gasteiger partial charge in [-0.3, -0.25) is 0 Å². The summed E-state index contributed by atoms with van der Waals surface area (Å²) in [6, 6.07) is 5.58. The van der Waals surface area contributed by atoms with Gasteiger partial charge in [-0.2, -0.15) is 26.3 Å². The van der Waals surface area contributed by atoms with Crippen molar-refractivity contribution >= 4 is 16.1 Å². The molecular weight excluding hydrogens is 510 g/mol. The number of piperidine rings is 1. The number of hydrogen-bond donors (Lipinski definition) is 1. The molecule has 0 aliphatic carbocycles. The standard InChI is InChI=1S/C18H18F6N6O4S/c19-17(20,21)15(18(22,23)24)34-16(31)30-7-5-11(6-8-30)9-27-35(32,33)13-3-1-12(2-4-13)14-28-25-10-26-29-14/h1-4,10-11,15,27H,5-9H2. The number of likely N-dealkylation sites (tertiary alicyclic amines) is 1. The molecule has 1 aliphatic heterocycles. The second-order valence-corrected chi connectivity index (χ2v) is 9.29. The Bertz CT molecular complexity index is 1090. The third-order valence-corrected chi connectivity index (χ3v) is 6.52. The number of amides is 1. The first kappa shape index (κ1) is 26.5. The summed E-state index contributed by atoms with van der Waals surface area (Å²) in [5.74, 6) is -0.101. The van der Waals surface area contributed by atoms with E-state index in [1.165, 1.54) is 24.3 Å². The molecule has 1 aromatic heterocycles. The summed E-state index contributed by atoms with van der Waals surface area (Å²) in [6.07, 6.45) is -16.1. The second kappa shape index (κ2) is 10.3. The number of aromatic nitrogens is 4. The number of alkyl halides is 6. The Kier molecular flexibility index (Phi) is 7.78. The van der Waals surface area contributed by atoms with Crippen LogP contribution in [0.4, 0.5) is 31.1 Å². The summed E-state index contributed by atoms with van der Waals surface area (Å²) >= 11 is 0. The van der Waals surface area contributed by atoms with Gasteiger partial charge in [-0.15, -0.1) is 20.4 Å². The molecule has 2 heterocycles. The van der Waals surface area contributed by atoms with Gasteiger partial charge in [0.05, 0.1) is 4.90 Å². The van der Waals surface area contributed by atoms with Gasteiger partial charge in [0.1, 0.15) is 0 Å². The van der Waals surface area contributed by atoms with Crippen molar-refractivity contribution in [2.24, 2.45) is 5.92 Å². The van der Waals surface area contributed by atoms with Gasteiger partial charge in [0, 0.05) is 25.2 Å².